The molecule has 0 amide bonds. The van der Waals surface area contributed by atoms with Crippen molar-refractivity contribution in [2.24, 2.45) is 0 Å². The van der Waals surface area contributed by atoms with E-state index in [2.05, 4.69) is 47.3 Å². The zero-order valence-corrected chi connectivity index (χ0v) is 11.5. The standard InChI is InChI=1S/C14H20N2O.ClH/c1-2-16-11-12(10-15-8-5-9-17)13-6-3-4-7-14(13)16;/h3-4,6-7,11,15,17H,2,5,8-10H2,1H3;1H. The molecule has 0 saturated heterocycles. The predicted molar refractivity (Wildman–Crippen MR) is 78.3 cm³/mol. The topological polar surface area (TPSA) is 37.2 Å². The first-order valence-corrected chi connectivity index (χ1v) is 6.25. The number of nitrogens with zero attached hydrogens (tertiary/aromatic N) is 1. The molecule has 0 spiro atoms. The molecule has 0 unspecified atom stereocenters. The summed E-state index contributed by atoms with van der Waals surface area (Å²) in [6, 6.07) is 8.50. The van der Waals surface area contributed by atoms with Crippen molar-refractivity contribution in [1.82, 2.24) is 9.88 Å². The zero-order chi connectivity index (χ0) is 12.1. The fraction of sp³-hybridized carbons (Fsp3) is 0.429. The van der Waals surface area contributed by atoms with Crippen LogP contribution in [0.5, 0.6) is 0 Å². The minimum absolute atomic E-state index is 0. The van der Waals surface area contributed by atoms with E-state index in [1.807, 2.05) is 0 Å². The summed E-state index contributed by atoms with van der Waals surface area (Å²) in [4.78, 5) is 0. The third-order valence-corrected chi connectivity index (χ3v) is 3.04. The average Bonchev–Trinajstić information content (AvgIpc) is 2.73. The summed E-state index contributed by atoms with van der Waals surface area (Å²) < 4.78 is 2.28. The first kappa shape index (κ1) is 15.0. The molecule has 0 fully saturated rings. The molecule has 0 aliphatic rings. The van der Waals surface area contributed by atoms with Crippen LogP contribution in [0.1, 0.15) is 18.9 Å². The summed E-state index contributed by atoms with van der Waals surface area (Å²) in [5.41, 5.74) is 2.63. The minimum Gasteiger partial charge on any atom is -0.396 e. The van der Waals surface area contributed by atoms with E-state index in [1.165, 1.54) is 16.5 Å². The molecule has 18 heavy (non-hydrogen) atoms. The van der Waals surface area contributed by atoms with Crippen LogP contribution in [0.3, 0.4) is 0 Å². The number of hydrogen-bond donors (Lipinski definition) is 2. The van der Waals surface area contributed by atoms with Crippen molar-refractivity contribution in [1.29, 1.82) is 0 Å². The van der Waals surface area contributed by atoms with Gasteiger partial charge in [-0.15, -0.1) is 12.4 Å². The molecule has 1 heterocycles. The summed E-state index contributed by atoms with van der Waals surface area (Å²) in [5, 5.41) is 13.4. The van der Waals surface area contributed by atoms with Gasteiger partial charge in [-0.3, -0.25) is 0 Å². The molecule has 0 aliphatic heterocycles. The molecular weight excluding hydrogens is 248 g/mol. The van der Waals surface area contributed by atoms with Gasteiger partial charge in [-0.1, -0.05) is 18.2 Å². The van der Waals surface area contributed by atoms with E-state index in [9.17, 15) is 0 Å². The number of rotatable bonds is 6. The Labute approximate surface area is 114 Å². The second-order valence-corrected chi connectivity index (χ2v) is 4.21. The molecule has 1 aromatic carbocycles. The second kappa shape index (κ2) is 7.41. The van der Waals surface area contributed by atoms with Crippen LogP contribution in [0.2, 0.25) is 0 Å². The minimum atomic E-state index is 0. The molecule has 0 aliphatic carbocycles. The van der Waals surface area contributed by atoms with E-state index in [4.69, 9.17) is 5.11 Å². The van der Waals surface area contributed by atoms with Gasteiger partial charge in [-0.05, 0) is 31.5 Å². The summed E-state index contributed by atoms with van der Waals surface area (Å²) in [5.74, 6) is 0. The zero-order valence-electron chi connectivity index (χ0n) is 10.7. The maximum absolute atomic E-state index is 8.73. The Morgan fingerprint density at radius 3 is 2.78 bits per heavy atom. The molecule has 3 nitrogen and oxygen atoms in total. The SMILES string of the molecule is CCn1cc(CNCCCO)c2ccccc21.Cl. The number of aryl methyl sites for hydroxylation is 1. The molecule has 1 aromatic heterocycles. The monoisotopic (exact) mass is 268 g/mol. The third kappa shape index (κ3) is 3.25. The van der Waals surface area contributed by atoms with Gasteiger partial charge in [-0.25, -0.2) is 0 Å². The molecule has 2 rings (SSSR count). The Morgan fingerprint density at radius 2 is 2.06 bits per heavy atom. The maximum Gasteiger partial charge on any atom is 0.0483 e. The number of aromatic nitrogens is 1. The van der Waals surface area contributed by atoms with Gasteiger partial charge in [0.1, 0.15) is 0 Å². The fourth-order valence-electron chi connectivity index (χ4n) is 2.15. The van der Waals surface area contributed by atoms with Gasteiger partial charge in [0, 0.05) is 36.8 Å². The van der Waals surface area contributed by atoms with Crippen LogP contribution in [0, 0.1) is 0 Å². The summed E-state index contributed by atoms with van der Waals surface area (Å²) in [7, 11) is 0. The van der Waals surface area contributed by atoms with Gasteiger partial charge in [0.15, 0.2) is 0 Å². The molecule has 2 N–H and O–H groups in total. The lowest BCUT2D eigenvalue weighted by molar-refractivity contribution is 0.286. The van der Waals surface area contributed by atoms with Crippen LogP contribution in [-0.2, 0) is 13.1 Å². The Morgan fingerprint density at radius 1 is 1.28 bits per heavy atom. The number of hydrogen-bond acceptors (Lipinski definition) is 2. The molecule has 100 valence electrons. The van der Waals surface area contributed by atoms with Crippen molar-refractivity contribution in [3.05, 3.63) is 36.0 Å². The van der Waals surface area contributed by atoms with E-state index in [0.717, 1.165) is 26.1 Å². The molecular formula is C14H21ClN2O. The van der Waals surface area contributed by atoms with Gasteiger partial charge in [0.05, 0.1) is 0 Å². The fourth-order valence-corrected chi connectivity index (χ4v) is 2.15. The van der Waals surface area contributed by atoms with Gasteiger partial charge < -0.3 is 15.0 Å². The number of nitrogens with one attached hydrogen (secondary N) is 1. The molecule has 0 saturated carbocycles. The van der Waals surface area contributed by atoms with E-state index in [0.29, 0.717) is 0 Å². The lowest BCUT2D eigenvalue weighted by atomic mass is 10.2. The van der Waals surface area contributed by atoms with Crippen LogP contribution < -0.4 is 5.32 Å². The lowest BCUT2D eigenvalue weighted by Crippen LogP contribution is -2.15. The van der Waals surface area contributed by atoms with E-state index >= 15 is 0 Å². The summed E-state index contributed by atoms with van der Waals surface area (Å²) >= 11 is 0. The largest absolute Gasteiger partial charge is 0.396 e. The van der Waals surface area contributed by atoms with E-state index < -0.39 is 0 Å². The molecule has 0 atom stereocenters. The lowest BCUT2D eigenvalue weighted by Gasteiger charge is -2.01. The van der Waals surface area contributed by atoms with Crippen LogP contribution >= 0.6 is 12.4 Å². The van der Waals surface area contributed by atoms with E-state index in [1.54, 1.807) is 0 Å². The number of benzene rings is 1. The maximum atomic E-state index is 8.73. The Bertz CT molecular complexity index is 482. The van der Waals surface area contributed by atoms with Gasteiger partial charge >= 0.3 is 0 Å². The van der Waals surface area contributed by atoms with Crippen molar-refractivity contribution >= 4 is 23.3 Å². The second-order valence-electron chi connectivity index (χ2n) is 4.21. The Hall–Kier alpha value is -1.03. The Kier molecular flexibility index (Phi) is 6.19. The van der Waals surface area contributed by atoms with E-state index in [-0.39, 0.29) is 19.0 Å². The normalized spacial score (nSPS) is 10.6. The first-order chi connectivity index (χ1) is 8.36. The summed E-state index contributed by atoms with van der Waals surface area (Å²) in [6.45, 7) is 5.14. The number of fused-ring (bicyclic) bond motifs is 1. The van der Waals surface area contributed by atoms with Gasteiger partial charge in [0.2, 0.25) is 0 Å². The quantitative estimate of drug-likeness (QED) is 0.790. The highest BCUT2D eigenvalue weighted by atomic mass is 35.5. The highest BCUT2D eigenvalue weighted by molar-refractivity contribution is 5.85. The Balaban J connectivity index is 0.00000162. The number of halogens is 1. The molecule has 2 aromatic rings. The van der Waals surface area contributed by atoms with Crippen molar-refractivity contribution in [3.63, 3.8) is 0 Å². The highest BCUT2D eigenvalue weighted by Gasteiger charge is 2.05. The highest BCUT2D eigenvalue weighted by Crippen LogP contribution is 2.20. The van der Waals surface area contributed by atoms with Crippen molar-refractivity contribution in [2.45, 2.75) is 26.4 Å². The van der Waals surface area contributed by atoms with Crippen LogP contribution in [0.4, 0.5) is 0 Å². The molecule has 0 bridgehead atoms. The number of aliphatic hydroxyl groups is 1. The molecule has 4 heteroatoms. The first-order valence-electron chi connectivity index (χ1n) is 6.25. The summed E-state index contributed by atoms with van der Waals surface area (Å²) in [6.07, 6.45) is 3.03. The smallest absolute Gasteiger partial charge is 0.0483 e. The van der Waals surface area contributed by atoms with Crippen molar-refractivity contribution in [3.8, 4) is 0 Å². The van der Waals surface area contributed by atoms with Crippen LogP contribution in [-0.4, -0.2) is 22.8 Å². The predicted octanol–water partition coefficient (Wildman–Crippen LogP) is 2.56. The van der Waals surface area contributed by atoms with Crippen molar-refractivity contribution in [2.75, 3.05) is 13.2 Å². The average molecular weight is 269 g/mol. The van der Waals surface area contributed by atoms with Crippen LogP contribution in [0.15, 0.2) is 30.5 Å². The van der Waals surface area contributed by atoms with Gasteiger partial charge in [0.25, 0.3) is 0 Å². The number of aliphatic hydroxyl groups excluding tert-OH is 1. The van der Waals surface area contributed by atoms with Crippen LogP contribution in [0.25, 0.3) is 10.9 Å². The number of para-hydroxylation sites is 1. The van der Waals surface area contributed by atoms with Gasteiger partial charge in [-0.2, -0.15) is 0 Å². The molecule has 0 radical (unpaired) electrons. The third-order valence-electron chi connectivity index (χ3n) is 3.04. The van der Waals surface area contributed by atoms with Crippen molar-refractivity contribution < 1.29 is 5.11 Å².